The molecular weight excluding hydrogens is 188 g/mol. The van der Waals surface area contributed by atoms with Gasteiger partial charge in [0.05, 0.1) is 6.10 Å². The molecule has 4 unspecified atom stereocenters. The fourth-order valence-corrected chi connectivity index (χ4v) is 2.56. The van der Waals surface area contributed by atoms with Gasteiger partial charge in [-0.05, 0) is 37.5 Å². The molecule has 87 valence electrons. The summed E-state index contributed by atoms with van der Waals surface area (Å²) in [6.07, 6.45) is 5.41. The Morgan fingerprint density at radius 2 is 1.93 bits per heavy atom. The molecule has 0 amide bonds. The van der Waals surface area contributed by atoms with E-state index in [0.717, 1.165) is 12.3 Å². The summed E-state index contributed by atoms with van der Waals surface area (Å²) in [5.41, 5.74) is 0. The quantitative estimate of drug-likeness (QED) is 0.714. The third kappa shape index (κ3) is 3.60. The molecule has 0 heterocycles. The minimum absolute atomic E-state index is 0.255. The van der Waals surface area contributed by atoms with Crippen molar-refractivity contribution in [2.24, 2.45) is 17.8 Å². The van der Waals surface area contributed by atoms with Crippen LogP contribution in [0.2, 0.25) is 0 Å². The molecule has 0 aromatic heterocycles. The first-order valence-electron chi connectivity index (χ1n) is 6.07. The van der Waals surface area contributed by atoms with Gasteiger partial charge in [0.15, 0.2) is 0 Å². The van der Waals surface area contributed by atoms with Crippen molar-refractivity contribution in [2.75, 3.05) is 0 Å². The maximum absolute atomic E-state index is 10.5. The lowest BCUT2D eigenvalue weighted by Crippen LogP contribution is -2.36. The maximum Gasteiger partial charge on any atom is 0.229 e. The minimum Gasteiger partial charge on any atom is -0.367 e. The predicted octanol–water partition coefficient (Wildman–Crippen LogP) is 2.96. The van der Waals surface area contributed by atoms with Gasteiger partial charge in [-0.2, -0.15) is 0 Å². The van der Waals surface area contributed by atoms with Gasteiger partial charge in [0.2, 0.25) is 6.29 Å². The zero-order chi connectivity index (χ0) is 11.4. The highest BCUT2D eigenvalue weighted by Crippen LogP contribution is 2.35. The van der Waals surface area contributed by atoms with Crippen molar-refractivity contribution in [2.45, 2.75) is 59.2 Å². The molecule has 0 saturated heterocycles. The first kappa shape index (κ1) is 12.7. The van der Waals surface area contributed by atoms with Crippen molar-refractivity contribution in [1.29, 1.82) is 0 Å². The van der Waals surface area contributed by atoms with Gasteiger partial charge in [0, 0.05) is 0 Å². The van der Waals surface area contributed by atoms with Gasteiger partial charge in [-0.15, -0.1) is 0 Å². The lowest BCUT2D eigenvalue weighted by atomic mass is 9.75. The highest BCUT2D eigenvalue weighted by atomic mass is 16.5. The topological polar surface area (TPSA) is 26.3 Å². The van der Waals surface area contributed by atoms with Crippen LogP contribution in [-0.4, -0.2) is 18.5 Å². The summed E-state index contributed by atoms with van der Waals surface area (Å²) in [5.74, 6) is 1.97. The van der Waals surface area contributed by atoms with E-state index in [-0.39, 0.29) is 12.2 Å². The van der Waals surface area contributed by atoms with Gasteiger partial charge in [-0.3, -0.25) is 4.79 Å². The molecule has 0 spiro atoms. The lowest BCUT2D eigenvalue weighted by Gasteiger charge is -2.37. The summed E-state index contributed by atoms with van der Waals surface area (Å²) < 4.78 is 5.76. The summed E-state index contributed by atoms with van der Waals surface area (Å²) in [5, 5.41) is 0. The summed E-state index contributed by atoms with van der Waals surface area (Å²) in [6, 6.07) is 0. The van der Waals surface area contributed by atoms with E-state index in [9.17, 15) is 4.79 Å². The Balaban J connectivity index is 2.57. The molecule has 1 aliphatic carbocycles. The first-order chi connectivity index (χ1) is 7.04. The van der Waals surface area contributed by atoms with Crippen LogP contribution >= 0.6 is 0 Å². The maximum atomic E-state index is 10.5. The molecule has 1 fully saturated rings. The van der Waals surface area contributed by atoms with Gasteiger partial charge in [0.25, 0.3) is 0 Å². The second kappa shape index (κ2) is 5.64. The molecule has 0 bridgehead atoms. The van der Waals surface area contributed by atoms with Gasteiger partial charge in [-0.1, -0.05) is 27.2 Å². The standard InChI is InChI=1S/C13H23O2/c1-9(2)12-6-5-10(3)7-13(12)15-11(4)8-14/h9-13H,5-7H2,1-4H3. The van der Waals surface area contributed by atoms with E-state index in [4.69, 9.17) is 4.74 Å². The summed E-state index contributed by atoms with van der Waals surface area (Å²) in [6.45, 7) is 8.53. The fraction of sp³-hybridized carbons (Fsp3) is 0.923. The average molecular weight is 211 g/mol. The molecule has 2 nitrogen and oxygen atoms in total. The molecule has 1 saturated carbocycles. The van der Waals surface area contributed by atoms with E-state index >= 15 is 0 Å². The van der Waals surface area contributed by atoms with E-state index < -0.39 is 0 Å². The first-order valence-corrected chi connectivity index (χ1v) is 6.07. The van der Waals surface area contributed by atoms with Crippen LogP contribution in [0.1, 0.15) is 47.0 Å². The number of carbonyl (C=O) groups excluding carboxylic acids is 1. The Morgan fingerprint density at radius 1 is 1.27 bits per heavy atom. The van der Waals surface area contributed by atoms with Crippen molar-refractivity contribution >= 4 is 6.29 Å². The average Bonchev–Trinajstić information content (AvgIpc) is 2.17. The van der Waals surface area contributed by atoms with Gasteiger partial charge in [-0.25, -0.2) is 0 Å². The van der Waals surface area contributed by atoms with Crippen molar-refractivity contribution < 1.29 is 9.53 Å². The lowest BCUT2D eigenvalue weighted by molar-refractivity contribution is -0.0521. The van der Waals surface area contributed by atoms with Crippen molar-refractivity contribution in [3.8, 4) is 0 Å². The summed E-state index contributed by atoms with van der Waals surface area (Å²) in [4.78, 5) is 10.5. The van der Waals surface area contributed by atoms with Crippen LogP contribution < -0.4 is 0 Å². The Bertz CT molecular complexity index is 201. The molecule has 2 heteroatoms. The zero-order valence-electron chi connectivity index (χ0n) is 10.3. The minimum atomic E-state index is -0.374. The van der Waals surface area contributed by atoms with E-state index in [1.165, 1.54) is 12.8 Å². The van der Waals surface area contributed by atoms with Crippen molar-refractivity contribution in [3.05, 3.63) is 0 Å². The highest BCUT2D eigenvalue weighted by Gasteiger charge is 2.32. The Morgan fingerprint density at radius 3 is 2.47 bits per heavy atom. The molecule has 0 aliphatic heterocycles. The monoisotopic (exact) mass is 211 g/mol. The molecule has 0 aromatic carbocycles. The molecule has 1 radical (unpaired) electrons. The largest absolute Gasteiger partial charge is 0.367 e. The van der Waals surface area contributed by atoms with Crippen molar-refractivity contribution in [3.63, 3.8) is 0 Å². The van der Waals surface area contributed by atoms with Gasteiger partial charge in [0.1, 0.15) is 6.10 Å². The zero-order valence-corrected chi connectivity index (χ0v) is 10.3. The molecule has 0 aromatic rings. The van der Waals surface area contributed by atoms with Gasteiger partial charge < -0.3 is 4.74 Å². The Kier molecular flexibility index (Phi) is 4.78. The predicted molar refractivity (Wildman–Crippen MR) is 61.4 cm³/mol. The van der Waals surface area contributed by atoms with E-state index in [2.05, 4.69) is 20.8 Å². The van der Waals surface area contributed by atoms with Gasteiger partial charge >= 0.3 is 0 Å². The number of rotatable bonds is 4. The number of hydrogen-bond acceptors (Lipinski definition) is 2. The van der Waals surface area contributed by atoms with Crippen molar-refractivity contribution in [1.82, 2.24) is 0 Å². The summed E-state index contributed by atoms with van der Waals surface area (Å²) in [7, 11) is 0. The second-order valence-corrected chi connectivity index (χ2v) is 5.26. The Labute approximate surface area is 93.4 Å². The molecular formula is C13H23O2. The molecule has 1 aliphatic rings. The second-order valence-electron chi connectivity index (χ2n) is 5.26. The van der Waals surface area contributed by atoms with E-state index in [1.807, 2.05) is 6.29 Å². The smallest absolute Gasteiger partial charge is 0.229 e. The third-order valence-electron chi connectivity index (χ3n) is 3.51. The van der Waals surface area contributed by atoms with Crippen LogP contribution in [0.5, 0.6) is 0 Å². The van der Waals surface area contributed by atoms with Crippen LogP contribution in [0.3, 0.4) is 0 Å². The third-order valence-corrected chi connectivity index (χ3v) is 3.51. The molecule has 15 heavy (non-hydrogen) atoms. The van der Waals surface area contributed by atoms with Crippen LogP contribution in [0.4, 0.5) is 0 Å². The van der Waals surface area contributed by atoms with Crippen LogP contribution in [-0.2, 0) is 9.53 Å². The molecule has 1 rings (SSSR count). The Hall–Kier alpha value is -0.370. The highest BCUT2D eigenvalue weighted by molar-refractivity contribution is 5.56. The van der Waals surface area contributed by atoms with E-state index in [0.29, 0.717) is 11.8 Å². The van der Waals surface area contributed by atoms with E-state index in [1.54, 1.807) is 6.92 Å². The van der Waals surface area contributed by atoms with Crippen LogP contribution in [0.25, 0.3) is 0 Å². The SMILES string of the molecule is CC1CCC(C(C)C)C(OC(C)[C]=O)C1. The summed E-state index contributed by atoms with van der Waals surface area (Å²) >= 11 is 0. The van der Waals surface area contributed by atoms with Crippen LogP contribution in [0, 0.1) is 17.8 Å². The molecule has 4 atom stereocenters. The fourth-order valence-electron chi connectivity index (χ4n) is 2.56. The normalized spacial score (nSPS) is 34.1. The number of hydrogen-bond donors (Lipinski definition) is 0. The van der Waals surface area contributed by atoms with Crippen LogP contribution in [0.15, 0.2) is 0 Å². The number of ether oxygens (including phenoxy) is 1. The molecule has 0 N–H and O–H groups in total.